The Hall–Kier alpha value is -2.96. The third-order valence-electron chi connectivity index (χ3n) is 9.16. The predicted molar refractivity (Wildman–Crippen MR) is 153 cm³/mol. The van der Waals surface area contributed by atoms with Crippen molar-refractivity contribution in [2.24, 2.45) is 17.8 Å². The van der Waals surface area contributed by atoms with Gasteiger partial charge in [0, 0.05) is 31.4 Å². The van der Waals surface area contributed by atoms with Gasteiger partial charge in [-0.05, 0) is 63.2 Å². The highest BCUT2D eigenvalue weighted by atomic mass is 32.2. The van der Waals surface area contributed by atoms with Crippen molar-refractivity contribution in [1.82, 2.24) is 29.7 Å². The number of nitrogens with one attached hydrogen (secondary N) is 2. The van der Waals surface area contributed by atoms with Crippen LogP contribution in [0.5, 0.6) is 0 Å². The monoisotopic (exact) mass is 572 g/mol. The summed E-state index contributed by atoms with van der Waals surface area (Å²) >= 11 is 0. The third kappa shape index (κ3) is 5.61. The molecule has 3 aromatic heterocycles. The van der Waals surface area contributed by atoms with Crippen molar-refractivity contribution in [3.05, 3.63) is 10.6 Å². The molecule has 0 bridgehead atoms. The standard InChI is InChI=1S/C27H40N8O4S/c1-16-9-11-18(12-10-16)14-35-21-22(28-17(2)19-6-4-7-19)29-24(25-32-27(36)39-33-25)30-23(21)31-26(35)34-13-5-8-20(34)15-40(3,37)38/h16-20H,4-15H2,1-3H3,(H,28,29,30)(H,32,33,36)/t16?,17-,18?,20?/m1/s1. The molecule has 1 saturated heterocycles. The first-order chi connectivity index (χ1) is 19.1. The minimum absolute atomic E-state index is 0.0953. The van der Waals surface area contributed by atoms with Crippen LogP contribution in [0.25, 0.3) is 22.8 Å². The number of aromatic amines is 1. The first-order valence-corrected chi connectivity index (χ1v) is 16.8. The van der Waals surface area contributed by atoms with E-state index in [1.165, 1.54) is 38.4 Å². The fourth-order valence-corrected chi connectivity index (χ4v) is 7.66. The number of aromatic nitrogens is 6. The van der Waals surface area contributed by atoms with Gasteiger partial charge in [-0.2, -0.15) is 4.98 Å². The Morgan fingerprint density at radius 1 is 1.07 bits per heavy atom. The molecule has 12 nitrogen and oxygen atoms in total. The van der Waals surface area contributed by atoms with Gasteiger partial charge in [-0.15, -0.1) is 0 Å². The number of hydrogen-bond donors (Lipinski definition) is 2. The van der Waals surface area contributed by atoms with E-state index in [1.807, 2.05) is 0 Å². The number of H-pyrrole nitrogens is 1. The summed E-state index contributed by atoms with van der Waals surface area (Å²) in [6.45, 7) is 6.02. The van der Waals surface area contributed by atoms with Gasteiger partial charge in [-0.3, -0.25) is 9.51 Å². The van der Waals surface area contributed by atoms with Gasteiger partial charge in [-0.1, -0.05) is 31.3 Å². The van der Waals surface area contributed by atoms with Crippen molar-refractivity contribution in [2.75, 3.05) is 28.8 Å². The van der Waals surface area contributed by atoms with Crippen LogP contribution < -0.4 is 16.0 Å². The fraction of sp³-hybridized carbons (Fsp3) is 0.741. The number of nitrogens with zero attached hydrogens (tertiary/aromatic N) is 6. The first kappa shape index (κ1) is 27.2. The van der Waals surface area contributed by atoms with Crippen LogP contribution in [0, 0.1) is 17.8 Å². The highest BCUT2D eigenvalue weighted by molar-refractivity contribution is 7.90. The molecule has 1 unspecified atom stereocenters. The number of imidazole rings is 1. The number of anilines is 2. The van der Waals surface area contributed by atoms with E-state index in [4.69, 9.17) is 19.5 Å². The van der Waals surface area contributed by atoms with E-state index in [0.717, 1.165) is 56.2 Å². The topological polar surface area (TPSA) is 152 Å². The third-order valence-corrected chi connectivity index (χ3v) is 10.2. The maximum Gasteiger partial charge on any atom is 0.439 e. The average Bonchev–Trinajstić information content (AvgIpc) is 3.57. The van der Waals surface area contributed by atoms with Crippen molar-refractivity contribution in [3.63, 3.8) is 0 Å². The van der Waals surface area contributed by atoms with Gasteiger partial charge in [0.2, 0.25) is 17.6 Å². The molecule has 13 heteroatoms. The minimum Gasteiger partial charge on any atom is -0.365 e. The molecule has 40 heavy (non-hydrogen) atoms. The Bertz CT molecular complexity index is 1520. The Labute approximate surface area is 234 Å². The number of hydrogen-bond acceptors (Lipinski definition) is 10. The minimum atomic E-state index is -3.17. The van der Waals surface area contributed by atoms with Crippen LogP contribution in [-0.4, -0.2) is 68.7 Å². The Morgan fingerprint density at radius 3 is 2.50 bits per heavy atom. The molecule has 0 spiro atoms. The average molecular weight is 573 g/mol. The normalized spacial score (nSPS) is 24.9. The van der Waals surface area contributed by atoms with Crippen molar-refractivity contribution in [3.8, 4) is 11.6 Å². The second-order valence-corrected chi connectivity index (χ2v) is 14.6. The zero-order valence-electron chi connectivity index (χ0n) is 23.6. The lowest BCUT2D eigenvalue weighted by molar-refractivity contribution is 0.266. The smallest absolute Gasteiger partial charge is 0.365 e. The summed E-state index contributed by atoms with van der Waals surface area (Å²) in [5.41, 5.74) is 1.32. The molecule has 3 aromatic rings. The number of fused-ring (bicyclic) bond motifs is 1. The summed E-state index contributed by atoms with van der Waals surface area (Å²) in [7, 11) is -3.17. The van der Waals surface area contributed by atoms with E-state index >= 15 is 0 Å². The predicted octanol–water partition coefficient (Wildman–Crippen LogP) is 3.61. The van der Waals surface area contributed by atoms with E-state index in [-0.39, 0.29) is 29.5 Å². The lowest BCUT2D eigenvalue weighted by Crippen LogP contribution is -2.37. The highest BCUT2D eigenvalue weighted by Crippen LogP contribution is 2.37. The van der Waals surface area contributed by atoms with Crippen molar-refractivity contribution >= 4 is 32.8 Å². The Balaban J connectivity index is 1.48. The largest absolute Gasteiger partial charge is 0.439 e. The van der Waals surface area contributed by atoms with Gasteiger partial charge < -0.3 is 14.8 Å². The van der Waals surface area contributed by atoms with E-state index in [9.17, 15) is 13.2 Å². The van der Waals surface area contributed by atoms with Crippen LogP contribution in [0.2, 0.25) is 0 Å². The molecule has 2 aliphatic carbocycles. The van der Waals surface area contributed by atoms with Gasteiger partial charge in [0.1, 0.15) is 15.4 Å². The quantitative estimate of drug-likeness (QED) is 0.389. The van der Waals surface area contributed by atoms with Crippen molar-refractivity contribution in [2.45, 2.75) is 90.3 Å². The van der Waals surface area contributed by atoms with Crippen LogP contribution in [0.3, 0.4) is 0 Å². The number of rotatable bonds is 9. The molecule has 3 fully saturated rings. The van der Waals surface area contributed by atoms with Crippen LogP contribution in [-0.2, 0) is 16.4 Å². The summed E-state index contributed by atoms with van der Waals surface area (Å²) in [6, 6.07) is 0.0599. The fourth-order valence-electron chi connectivity index (χ4n) is 6.61. The first-order valence-electron chi connectivity index (χ1n) is 14.7. The van der Waals surface area contributed by atoms with E-state index < -0.39 is 15.6 Å². The molecule has 2 saturated carbocycles. The van der Waals surface area contributed by atoms with Crippen molar-refractivity contribution < 1.29 is 12.9 Å². The Morgan fingerprint density at radius 2 is 1.85 bits per heavy atom. The molecule has 4 heterocycles. The number of sulfone groups is 1. The molecule has 2 N–H and O–H groups in total. The molecule has 218 valence electrons. The zero-order valence-corrected chi connectivity index (χ0v) is 24.4. The van der Waals surface area contributed by atoms with Gasteiger partial charge >= 0.3 is 5.76 Å². The molecule has 6 rings (SSSR count). The van der Waals surface area contributed by atoms with Gasteiger partial charge in [-0.25, -0.2) is 23.2 Å². The summed E-state index contributed by atoms with van der Waals surface area (Å²) in [6.07, 6.45) is 11.3. The van der Waals surface area contributed by atoms with E-state index in [1.54, 1.807) is 0 Å². The second-order valence-electron chi connectivity index (χ2n) is 12.4. The van der Waals surface area contributed by atoms with E-state index in [0.29, 0.717) is 23.3 Å². The summed E-state index contributed by atoms with van der Waals surface area (Å²) in [4.78, 5) is 31.1. The molecule has 0 amide bonds. The summed E-state index contributed by atoms with van der Waals surface area (Å²) in [5, 5.41) is 7.49. The van der Waals surface area contributed by atoms with Crippen LogP contribution in [0.15, 0.2) is 9.32 Å². The molecule has 0 radical (unpaired) electrons. The lowest BCUT2D eigenvalue weighted by Gasteiger charge is -2.33. The zero-order chi connectivity index (χ0) is 28.0. The molecule has 2 atom stereocenters. The second kappa shape index (κ2) is 10.8. The maximum absolute atomic E-state index is 12.3. The SMILES string of the molecule is CC1CCC(Cn2c(N3CCCC3CS(C)(=O)=O)nc3nc(-c4noc(=O)[nH]4)nc(N[C@H](C)C4CCC4)c32)CC1. The highest BCUT2D eigenvalue weighted by Gasteiger charge is 2.34. The van der Waals surface area contributed by atoms with Crippen LogP contribution >= 0.6 is 0 Å². The van der Waals surface area contributed by atoms with E-state index in [2.05, 4.69) is 38.8 Å². The summed E-state index contributed by atoms with van der Waals surface area (Å²) < 4.78 is 31.6. The van der Waals surface area contributed by atoms with Gasteiger partial charge in [0.15, 0.2) is 11.5 Å². The molecular weight excluding hydrogens is 532 g/mol. The van der Waals surface area contributed by atoms with Gasteiger partial charge in [0.05, 0.1) is 5.75 Å². The lowest BCUT2D eigenvalue weighted by atomic mass is 9.80. The van der Waals surface area contributed by atoms with Gasteiger partial charge in [0.25, 0.3) is 0 Å². The van der Waals surface area contributed by atoms with Crippen LogP contribution in [0.1, 0.15) is 71.6 Å². The molecular formula is C27H40N8O4S. The molecule has 3 aliphatic rings. The maximum atomic E-state index is 12.3. The molecule has 0 aromatic carbocycles. The summed E-state index contributed by atoms with van der Waals surface area (Å²) in [5.74, 6) is 3.01. The molecule has 1 aliphatic heterocycles. The van der Waals surface area contributed by atoms with Crippen molar-refractivity contribution in [1.29, 1.82) is 0 Å². The Kier molecular flexibility index (Phi) is 7.34. The van der Waals surface area contributed by atoms with Crippen LogP contribution in [0.4, 0.5) is 11.8 Å².